The first-order chi connectivity index (χ1) is 17.4. The molecule has 1 unspecified atom stereocenters. The molecule has 3 amide bonds. The standard InChI is InChI=1S/C27H33N3O6/c1-5-14-30-18(2)24(26(32)36-16-15-34-3)25(29-27(30)33)20-8-10-21(11-9-20)28-23(31)17-19-6-12-22(35-4)13-7-19/h6-13,25H,5,14-17H2,1-4H3,(H,28,31)(H,29,33). The average Bonchev–Trinajstić information content (AvgIpc) is 2.87. The molecule has 0 fully saturated rings. The number of nitrogens with one attached hydrogen (secondary N) is 2. The summed E-state index contributed by atoms with van der Waals surface area (Å²) in [6, 6.07) is 13.4. The van der Waals surface area contributed by atoms with E-state index in [9.17, 15) is 14.4 Å². The van der Waals surface area contributed by atoms with Gasteiger partial charge < -0.3 is 24.8 Å². The summed E-state index contributed by atoms with van der Waals surface area (Å²) >= 11 is 0. The average molecular weight is 496 g/mol. The lowest BCUT2D eigenvalue weighted by Crippen LogP contribution is -2.48. The summed E-state index contributed by atoms with van der Waals surface area (Å²) in [5, 5.41) is 5.80. The fourth-order valence-electron chi connectivity index (χ4n) is 3.98. The molecule has 2 N–H and O–H groups in total. The zero-order valence-electron chi connectivity index (χ0n) is 21.1. The van der Waals surface area contributed by atoms with E-state index < -0.39 is 12.0 Å². The van der Waals surface area contributed by atoms with Crippen molar-refractivity contribution in [2.45, 2.75) is 32.7 Å². The molecule has 2 aromatic carbocycles. The van der Waals surface area contributed by atoms with Gasteiger partial charge in [0.25, 0.3) is 0 Å². The Morgan fingerprint density at radius 2 is 1.72 bits per heavy atom. The van der Waals surface area contributed by atoms with Gasteiger partial charge in [-0.1, -0.05) is 31.2 Å². The van der Waals surface area contributed by atoms with Gasteiger partial charge in [-0.2, -0.15) is 0 Å². The van der Waals surface area contributed by atoms with E-state index >= 15 is 0 Å². The van der Waals surface area contributed by atoms with Crippen LogP contribution in [0.15, 0.2) is 59.8 Å². The number of carbonyl (C=O) groups excluding carboxylic acids is 3. The van der Waals surface area contributed by atoms with Gasteiger partial charge in [-0.3, -0.25) is 9.69 Å². The Labute approximate surface area is 211 Å². The van der Waals surface area contributed by atoms with Gasteiger partial charge in [0.2, 0.25) is 5.91 Å². The molecule has 192 valence electrons. The second-order valence-electron chi connectivity index (χ2n) is 8.36. The highest BCUT2D eigenvalue weighted by Crippen LogP contribution is 2.32. The fourth-order valence-corrected chi connectivity index (χ4v) is 3.98. The number of amides is 3. The summed E-state index contributed by atoms with van der Waals surface area (Å²) in [6.45, 7) is 4.59. The van der Waals surface area contributed by atoms with E-state index in [2.05, 4.69) is 10.6 Å². The van der Waals surface area contributed by atoms with E-state index in [4.69, 9.17) is 14.2 Å². The van der Waals surface area contributed by atoms with Crippen molar-refractivity contribution in [1.82, 2.24) is 10.2 Å². The number of esters is 1. The number of nitrogens with zero attached hydrogens (tertiary/aromatic N) is 1. The highest BCUT2D eigenvalue weighted by molar-refractivity contribution is 5.95. The Bertz CT molecular complexity index is 1100. The molecule has 0 aliphatic carbocycles. The first-order valence-electron chi connectivity index (χ1n) is 11.9. The van der Waals surface area contributed by atoms with Crippen molar-refractivity contribution in [2.24, 2.45) is 0 Å². The van der Waals surface area contributed by atoms with E-state index in [1.165, 1.54) is 7.11 Å². The molecule has 0 saturated carbocycles. The Kier molecular flexibility index (Phi) is 9.46. The fraction of sp³-hybridized carbons (Fsp3) is 0.370. The molecular formula is C27H33N3O6. The van der Waals surface area contributed by atoms with Crippen molar-refractivity contribution in [3.63, 3.8) is 0 Å². The van der Waals surface area contributed by atoms with E-state index in [1.54, 1.807) is 43.2 Å². The zero-order valence-corrected chi connectivity index (χ0v) is 21.1. The zero-order chi connectivity index (χ0) is 26.1. The number of benzene rings is 2. The van der Waals surface area contributed by atoms with Crippen molar-refractivity contribution in [2.75, 3.05) is 39.3 Å². The number of rotatable bonds is 11. The van der Waals surface area contributed by atoms with Crippen LogP contribution in [-0.4, -0.2) is 56.8 Å². The molecule has 0 spiro atoms. The monoisotopic (exact) mass is 495 g/mol. The number of hydrogen-bond acceptors (Lipinski definition) is 6. The predicted molar refractivity (Wildman–Crippen MR) is 136 cm³/mol. The number of methoxy groups -OCH3 is 2. The molecule has 0 bridgehead atoms. The van der Waals surface area contributed by atoms with Crippen LogP contribution in [0.1, 0.15) is 37.4 Å². The second kappa shape index (κ2) is 12.7. The van der Waals surface area contributed by atoms with Gasteiger partial charge in [0.1, 0.15) is 12.4 Å². The molecule has 1 atom stereocenters. The molecule has 36 heavy (non-hydrogen) atoms. The van der Waals surface area contributed by atoms with E-state index in [0.29, 0.717) is 29.1 Å². The lowest BCUT2D eigenvalue weighted by atomic mass is 9.94. The van der Waals surface area contributed by atoms with Gasteiger partial charge in [0.05, 0.1) is 31.8 Å². The molecule has 0 radical (unpaired) electrons. The van der Waals surface area contributed by atoms with Gasteiger partial charge in [-0.25, -0.2) is 9.59 Å². The summed E-state index contributed by atoms with van der Waals surface area (Å²) in [5.41, 5.74) is 3.10. The van der Waals surface area contributed by atoms with E-state index in [1.807, 2.05) is 31.2 Å². The molecule has 1 heterocycles. The van der Waals surface area contributed by atoms with Crippen LogP contribution in [0.2, 0.25) is 0 Å². The molecule has 0 saturated heterocycles. The maximum Gasteiger partial charge on any atom is 0.338 e. The minimum absolute atomic E-state index is 0.111. The van der Waals surface area contributed by atoms with Crippen molar-refractivity contribution < 1.29 is 28.6 Å². The molecule has 2 aromatic rings. The minimum Gasteiger partial charge on any atom is -0.497 e. The van der Waals surface area contributed by atoms with Crippen LogP contribution in [0.5, 0.6) is 5.75 Å². The smallest absolute Gasteiger partial charge is 0.338 e. The number of allylic oxidation sites excluding steroid dienone is 1. The van der Waals surface area contributed by atoms with Crippen LogP contribution in [0.3, 0.4) is 0 Å². The Morgan fingerprint density at radius 3 is 2.33 bits per heavy atom. The molecule has 0 aromatic heterocycles. The highest BCUT2D eigenvalue weighted by atomic mass is 16.6. The number of hydrogen-bond donors (Lipinski definition) is 2. The van der Waals surface area contributed by atoms with Crippen LogP contribution in [0.4, 0.5) is 10.5 Å². The Morgan fingerprint density at radius 1 is 1.03 bits per heavy atom. The summed E-state index contributed by atoms with van der Waals surface area (Å²) in [7, 11) is 3.12. The quantitative estimate of drug-likeness (QED) is 0.363. The largest absolute Gasteiger partial charge is 0.497 e. The van der Waals surface area contributed by atoms with Crippen molar-refractivity contribution in [1.29, 1.82) is 0 Å². The Balaban J connectivity index is 1.76. The molecule has 9 nitrogen and oxygen atoms in total. The number of ether oxygens (including phenoxy) is 3. The number of urea groups is 1. The van der Waals surface area contributed by atoms with Gasteiger partial charge in [-0.05, 0) is 48.7 Å². The van der Waals surface area contributed by atoms with Gasteiger partial charge >= 0.3 is 12.0 Å². The lowest BCUT2D eigenvalue weighted by Gasteiger charge is -2.35. The maximum absolute atomic E-state index is 13.0. The predicted octanol–water partition coefficient (Wildman–Crippen LogP) is 3.82. The summed E-state index contributed by atoms with van der Waals surface area (Å²) in [6.07, 6.45) is 0.962. The molecular weight excluding hydrogens is 462 g/mol. The maximum atomic E-state index is 13.0. The topological polar surface area (TPSA) is 106 Å². The van der Waals surface area contributed by atoms with Gasteiger partial charge in [0.15, 0.2) is 0 Å². The van der Waals surface area contributed by atoms with Crippen molar-refractivity contribution in [3.05, 3.63) is 70.9 Å². The third-order valence-electron chi connectivity index (χ3n) is 5.84. The van der Waals surface area contributed by atoms with Gasteiger partial charge in [-0.15, -0.1) is 0 Å². The SMILES string of the molecule is CCCN1C(=O)NC(c2ccc(NC(=O)Cc3ccc(OC)cc3)cc2)C(C(=O)OCCOC)=C1C. The molecule has 9 heteroatoms. The van der Waals surface area contributed by atoms with E-state index in [0.717, 1.165) is 17.7 Å². The lowest BCUT2D eigenvalue weighted by molar-refractivity contribution is -0.141. The Hall–Kier alpha value is -3.85. The normalized spacial score (nSPS) is 15.4. The summed E-state index contributed by atoms with van der Waals surface area (Å²) in [5.74, 6) is 0.0633. The summed E-state index contributed by atoms with van der Waals surface area (Å²) < 4.78 is 15.5. The van der Waals surface area contributed by atoms with Crippen LogP contribution in [0, 0.1) is 0 Å². The first-order valence-corrected chi connectivity index (χ1v) is 11.9. The van der Waals surface area contributed by atoms with Crippen molar-refractivity contribution >= 4 is 23.6 Å². The van der Waals surface area contributed by atoms with Crippen LogP contribution in [-0.2, 0) is 25.5 Å². The molecule has 1 aliphatic rings. The summed E-state index contributed by atoms with van der Waals surface area (Å²) in [4.78, 5) is 39.8. The third kappa shape index (κ3) is 6.63. The third-order valence-corrected chi connectivity index (χ3v) is 5.84. The minimum atomic E-state index is -0.676. The molecule has 3 rings (SSSR count). The second-order valence-corrected chi connectivity index (χ2v) is 8.36. The highest BCUT2D eigenvalue weighted by Gasteiger charge is 2.36. The first kappa shape index (κ1) is 26.7. The van der Waals surface area contributed by atoms with Gasteiger partial charge in [0, 0.05) is 25.0 Å². The number of anilines is 1. The van der Waals surface area contributed by atoms with Crippen LogP contribution in [0.25, 0.3) is 0 Å². The number of carbonyl (C=O) groups is 3. The van der Waals surface area contributed by atoms with Crippen LogP contribution < -0.4 is 15.4 Å². The molecule has 1 aliphatic heterocycles. The van der Waals surface area contributed by atoms with E-state index in [-0.39, 0.29) is 31.6 Å². The van der Waals surface area contributed by atoms with Crippen molar-refractivity contribution in [3.8, 4) is 5.75 Å². The van der Waals surface area contributed by atoms with Crippen LogP contribution >= 0.6 is 0 Å².